The molecule has 2 aliphatic rings. The molecule has 2 aliphatic heterocycles. The van der Waals surface area contributed by atoms with E-state index in [0.29, 0.717) is 13.2 Å². The molecule has 0 bridgehead atoms. The first-order chi connectivity index (χ1) is 8.22. The van der Waals surface area contributed by atoms with Crippen molar-refractivity contribution >= 4 is 15.9 Å². The lowest BCUT2D eigenvalue weighted by Crippen LogP contribution is -2.49. The molecular weight excluding hydrogens is 286 g/mol. The first kappa shape index (κ1) is 11.3. The van der Waals surface area contributed by atoms with Gasteiger partial charge >= 0.3 is 0 Å². The standard InChI is InChI=1S/C12H14BrNO3/c13-10-4-12-11(16-1-2-17-12)3-8(10)5-14-6-9(15)7-14/h3-4,9,15H,1-2,5-7H2. The minimum Gasteiger partial charge on any atom is -0.486 e. The van der Waals surface area contributed by atoms with Crippen molar-refractivity contribution in [2.24, 2.45) is 0 Å². The molecule has 3 rings (SSSR count). The average Bonchev–Trinajstić information content (AvgIpc) is 2.28. The highest BCUT2D eigenvalue weighted by molar-refractivity contribution is 9.10. The maximum absolute atomic E-state index is 9.26. The maximum Gasteiger partial charge on any atom is 0.162 e. The van der Waals surface area contributed by atoms with Gasteiger partial charge in [0.25, 0.3) is 0 Å². The summed E-state index contributed by atoms with van der Waals surface area (Å²) in [6, 6.07) is 3.98. The molecule has 0 aliphatic carbocycles. The lowest BCUT2D eigenvalue weighted by molar-refractivity contribution is -0.00304. The Morgan fingerprint density at radius 1 is 1.24 bits per heavy atom. The van der Waals surface area contributed by atoms with Crippen LogP contribution in [0.3, 0.4) is 0 Å². The van der Waals surface area contributed by atoms with Gasteiger partial charge in [-0.2, -0.15) is 0 Å². The summed E-state index contributed by atoms with van der Waals surface area (Å²) < 4.78 is 12.1. The third-order valence-corrected chi connectivity index (χ3v) is 3.78. The minimum atomic E-state index is -0.161. The van der Waals surface area contributed by atoms with Crippen LogP contribution in [0.25, 0.3) is 0 Å². The molecule has 0 atom stereocenters. The predicted octanol–water partition coefficient (Wildman–Crippen LogP) is 1.40. The monoisotopic (exact) mass is 299 g/mol. The molecule has 0 spiro atoms. The summed E-state index contributed by atoms with van der Waals surface area (Å²) in [7, 11) is 0. The number of ether oxygens (including phenoxy) is 2. The number of rotatable bonds is 2. The fourth-order valence-corrected chi connectivity index (χ4v) is 2.59. The number of β-amino-alcohol motifs (C(OH)–C–C–N with tert-alkyl or cyclic N) is 1. The van der Waals surface area contributed by atoms with E-state index in [9.17, 15) is 5.11 Å². The van der Waals surface area contributed by atoms with Crippen LogP contribution in [0, 0.1) is 0 Å². The van der Waals surface area contributed by atoms with E-state index < -0.39 is 0 Å². The lowest BCUT2D eigenvalue weighted by atomic mass is 10.1. The first-order valence-electron chi connectivity index (χ1n) is 5.71. The summed E-state index contributed by atoms with van der Waals surface area (Å²) >= 11 is 3.55. The van der Waals surface area contributed by atoms with Gasteiger partial charge in [0.1, 0.15) is 13.2 Å². The number of benzene rings is 1. The fourth-order valence-electron chi connectivity index (χ4n) is 2.14. The summed E-state index contributed by atoms with van der Waals surface area (Å²) in [6.45, 7) is 3.55. The van der Waals surface area contributed by atoms with E-state index in [2.05, 4.69) is 20.8 Å². The fraction of sp³-hybridized carbons (Fsp3) is 0.500. The van der Waals surface area contributed by atoms with Crippen LogP contribution in [0.4, 0.5) is 0 Å². The lowest BCUT2D eigenvalue weighted by Gasteiger charge is -2.36. The Morgan fingerprint density at radius 3 is 2.53 bits per heavy atom. The van der Waals surface area contributed by atoms with E-state index in [1.165, 1.54) is 5.56 Å². The maximum atomic E-state index is 9.26. The molecule has 1 saturated heterocycles. The summed E-state index contributed by atoms with van der Waals surface area (Å²) in [5.74, 6) is 1.62. The highest BCUT2D eigenvalue weighted by Crippen LogP contribution is 2.36. The zero-order valence-corrected chi connectivity index (χ0v) is 10.9. The summed E-state index contributed by atoms with van der Waals surface area (Å²) in [5.41, 5.74) is 1.17. The van der Waals surface area contributed by atoms with E-state index in [1.54, 1.807) is 0 Å². The second-order valence-corrected chi connectivity index (χ2v) is 5.29. The van der Waals surface area contributed by atoms with Gasteiger partial charge < -0.3 is 14.6 Å². The van der Waals surface area contributed by atoms with Crippen molar-refractivity contribution in [2.45, 2.75) is 12.6 Å². The van der Waals surface area contributed by atoms with Crippen molar-refractivity contribution in [3.8, 4) is 11.5 Å². The third kappa shape index (κ3) is 2.27. The Morgan fingerprint density at radius 2 is 1.88 bits per heavy atom. The number of hydrogen-bond acceptors (Lipinski definition) is 4. The summed E-state index contributed by atoms with van der Waals surface area (Å²) in [4.78, 5) is 2.20. The first-order valence-corrected chi connectivity index (χ1v) is 6.50. The van der Waals surface area contributed by atoms with E-state index in [4.69, 9.17) is 9.47 Å². The molecule has 0 aromatic heterocycles. The number of likely N-dealkylation sites (tertiary alicyclic amines) is 1. The van der Waals surface area contributed by atoms with Crippen molar-refractivity contribution in [3.63, 3.8) is 0 Å². The largest absolute Gasteiger partial charge is 0.486 e. The Labute approximate surface area is 108 Å². The van der Waals surface area contributed by atoms with Gasteiger partial charge in [0.05, 0.1) is 6.10 Å². The third-order valence-electron chi connectivity index (χ3n) is 3.04. The molecule has 92 valence electrons. The second kappa shape index (κ2) is 4.48. The van der Waals surface area contributed by atoms with Gasteiger partial charge in [-0.3, -0.25) is 4.90 Å². The Balaban J connectivity index is 1.79. The Bertz CT molecular complexity index is 432. The van der Waals surface area contributed by atoms with Crippen LogP contribution in [0.2, 0.25) is 0 Å². The molecule has 1 N–H and O–H groups in total. The van der Waals surface area contributed by atoms with Crippen molar-refractivity contribution in [2.75, 3.05) is 26.3 Å². The molecule has 0 unspecified atom stereocenters. The van der Waals surface area contributed by atoms with Crippen LogP contribution in [-0.2, 0) is 6.54 Å². The summed E-state index contributed by atoms with van der Waals surface area (Å²) in [6.07, 6.45) is -0.161. The molecule has 0 amide bonds. The van der Waals surface area contributed by atoms with Gasteiger partial charge in [0.2, 0.25) is 0 Å². The van der Waals surface area contributed by atoms with E-state index in [0.717, 1.165) is 35.6 Å². The molecule has 1 aromatic rings. The van der Waals surface area contributed by atoms with Crippen LogP contribution < -0.4 is 9.47 Å². The van der Waals surface area contributed by atoms with Gasteiger partial charge in [0.15, 0.2) is 11.5 Å². The van der Waals surface area contributed by atoms with E-state index in [1.807, 2.05) is 12.1 Å². The van der Waals surface area contributed by atoms with Crippen LogP contribution in [0.1, 0.15) is 5.56 Å². The number of nitrogens with zero attached hydrogens (tertiary/aromatic N) is 1. The zero-order chi connectivity index (χ0) is 11.8. The van der Waals surface area contributed by atoms with Crippen molar-refractivity contribution < 1.29 is 14.6 Å². The second-order valence-electron chi connectivity index (χ2n) is 4.44. The highest BCUT2D eigenvalue weighted by Gasteiger charge is 2.25. The number of hydrogen-bond donors (Lipinski definition) is 1. The van der Waals surface area contributed by atoms with Gasteiger partial charge in [0, 0.05) is 24.1 Å². The molecule has 0 saturated carbocycles. The Kier molecular flexibility index (Phi) is 2.98. The normalized spacial score (nSPS) is 20.1. The molecule has 5 heteroatoms. The minimum absolute atomic E-state index is 0.161. The van der Waals surface area contributed by atoms with Crippen LogP contribution in [-0.4, -0.2) is 42.4 Å². The molecule has 4 nitrogen and oxygen atoms in total. The topological polar surface area (TPSA) is 41.9 Å². The molecule has 2 heterocycles. The Hall–Kier alpha value is -0.780. The van der Waals surface area contributed by atoms with Gasteiger partial charge in [-0.05, 0) is 17.7 Å². The molecule has 1 fully saturated rings. The van der Waals surface area contributed by atoms with E-state index in [-0.39, 0.29) is 6.10 Å². The molecule has 0 radical (unpaired) electrons. The summed E-state index contributed by atoms with van der Waals surface area (Å²) in [5, 5.41) is 9.26. The number of aliphatic hydroxyl groups excluding tert-OH is 1. The van der Waals surface area contributed by atoms with Crippen molar-refractivity contribution in [1.29, 1.82) is 0 Å². The molecule has 1 aromatic carbocycles. The van der Waals surface area contributed by atoms with Crippen molar-refractivity contribution in [1.82, 2.24) is 4.90 Å². The van der Waals surface area contributed by atoms with E-state index >= 15 is 0 Å². The average molecular weight is 300 g/mol. The van der Waals surface area contributed by atoms with Crippen LogP contribution >= 0.6 is 15.9 Å². The van der Waals surface area contributed by atoms with Crippen LogP contribution in [0.5, 0.6) is 11.5 Å². The predicted molar refractivity (Wildman–Crippen MR) is 66.4 cm³/mol. The van der Waals surface area contributed by atoms with Gasteiger partial charge in [-0.1, -0.05) is 15.9 Å². The smallest absolute Gasteiger partial charge is 0.162 e. The zero-order valence-electron chi connectivity index (χ0n) is 9.36. The molecule has 17 heavy (non-hydrogen) atoms. The number of halogens is 1. The van der Waals surface area contributed by atoms with Gasteiger partial charge in [-0.25, -0.2) is 0 Å². The highest BCUT2D eigenvalue weighted by atomic mass is 79.9. The van der Waals surface area contributed by atoms with Crippen molar-refractivity contribution in [3.05, 3.63) is 22.2 Å². The van der Waals surface area contributed by atoms with Gasteiger partial charge in [-0.15, -0.1) is 0 Å². The number of aliphatic hydroxyl groups is 1. The SMILES string of the molecule is OC1CN(Cc2cc3c(cc2Br)OCCO3)C1. The molecular formula is C12H14BrNO3. The van der Waals surface area contributed by atoms with Crippen LogP contribution in [0.15, 0.2) is 16.6 Å². The quantitative estimate of drug-likeness (QED) is 0.896. The number of fused-ring (bicyclic) bond motifs is 1.